The Bertz CT molecular complexity index is 148. The summed E-state index contributed by atoms with van der Waals surface area (Å²) < 4.78 is 0. The monoisotopic (exact) mass is 163 g/mol. The molecule has 11 heavy (non-hydrogen) atoms. The molecule has 0 rings (SSSR count). The van der Waals surface area contributed by atoms with Crippen molar-refractivity contribution in [2.75, 3.05) is 6.61 Å². The van der Waals surface area contributed by atoms with Crippen molar-refractivity contribution in [3.8, 4) is 0 Å². The number of hydrogen-bond acceptors (Lipinski definition) is 4. The van der Waals surface area contributed by atoms with E-state index in [1.807, 2.05) is 0 Å². The molecule has 0 aliphatic heterocycles. The number of nitro groups is 1. The fourth-order valence-corrected chi connectivity index (χ4v) is 0.851. The number of rotatable bonds is 4. The Balaban J connectivity index is 4.22. The minimum absolute atomic E-state index is 0.0162. The molecule has 5 nitrogen and oxygen atoms in total. The van der Waals surface area contributed by atoms with E-state index in [1.54, 1.807) is 13.8 Å². The molecule has 0 heterocycles. The Kier molecular flexibility index (Phi) is 3.41. The van der Waals surface area contributed by atoms with E-state index in [1.165, 1.54) is 0 Å². The van der Waals surface area contributed by atoms with Gasteiger partial charge in [0.15, 0.2) is 0 Å². The molecule has 0 aromatic heterocycles. The zero-order valence-corrected chi connectivity index (χ0v) is 6.65. The van der Waals surface area contributed by atoms with E-state index in [0.29, 0.717) is 0 Å². The summed E-state index contributed by atoms with van der Waals surface area (Å²) in [5, 5.41) is 27.8. The molecule has 0 saturated carbocycles. The Hall–Kier alpha value is -0.680. The summed E-state index contributed by atoms with van der Waals surface area (Å²) in [6.07, 6.45) is -0.0312. The minimum atomic E-state index is -2.16. The van der Waals surface area contributed by atoms with Gasteiger partial charge in [0, 0.05) is 6.42 Å². The molecular formula is C6H13NO4. The van der Waals surface area contributed by atoms with E-state index >= 15 is 0 Å². The summed E-state index contributed by atoms with van der Waals surface area (Å²) in [4.78, 5) is 9.33. The smallest absolute Gasteiger partial charge is 0.345 e. The molecule has 2 N–H and O–H groups in total. The fourth-order valence-electron chi connectivity index (χ4n) is 0.851. The third-order valence-electron chi connectivity index (χ3n) is 1.33. The van der Waals surface area contributed by atoms with Crippen molar-refractivity contribution in [1.29, 1.82) is 0 Å². The van der Waals surface area contributed by atoms with Crippen molar-refractivity contribution in [3.63, 3.8) is 0 Å². The normalized spacial score (nSPS) is 16.5. The Morgan fingerprint density at radius 2 is 2.09 bits per heavy atom. The third-order valence-corrected chi connectivity index (χ3v) is 1.33. The second-order valence-electron chi connectivity index (χ2n) is 3.00. The van der Waals surface area contributed by atoms with E-state index in [2.05, 4.69) is 0 Å². The molecule has 66 valence electrons. The zero-order valence-electron chi connectivity index (χ0n) is 6.65. The summed E-state index contributed by atoms with van der Waals surface area (Å²) in [7, 11) is 0. The SMILES string of the molecule is CC(C)CC(O)(CO)[N+](=O)[O-]. The average molecular weight is 163 g/mol. The van der Waals surface area contributed by atoms with Crippen molar-refractivity contribution in [2.24, 2.45) is 5.92 Å². The molecule has 0 aliphatic rings. The lowest BCUT2D eigenvalue weighted by Crippen LogP contribution is -2.43. The van der Waals surface area contributed by atoms with Gasteiger partial charge < -0.3 is 10.2 Å². The lowest BCUT2D eigenvalue weighted by molar-refractivity contribution is -0.630. The zero-order chi connectivity index (χ0) is 9.07. The van der Waals surface area contributed by atoms with Gasteiger partial charge in [-0.3, -0.25) is 10.1 Å². The molecule has 0 spiro atoms. The van der Waals surface area contributed by atoms with Crippen LogP contribution in [-0.4, -0.2) is 27.5 Å². The molecule has 0 aliphatic carbocycles. The summed E-state index contributed by atoms with van der Waals surface area (Å²) in [6, 6.07) is 0. The maximum atomic E-state index is 10.2. The summed E-state index contributed by atoms with van der Waals surface area (Å²) in [5.41, 5.74) is -2.16. The van der Waals surface area contributed by atoms with Crippen LogP contribution >= 0.6 is 0 Å². The number of nitrogens with zero attached hydrogens (tertiary/aromatic N) is 1. The van der Waals surface area contributed by atoms with Gasteiger partial charge in [0.05, 0.1) is 4.92 Å². The minimum Gasteiger partial charge on any atom is -0.386 e. The van der Waals surface area contributed by atoms with Gasteiger partial charge in [-0.1, -0.05) is 13.8 Å². The Morgan fingerprint density at radius 3 is 2.18 bits per heavy atom. The molecule has 0 aromatic rings. The van der Waals surface area contributed by atoms with Crippen molar-refractivity contribution < 1.29 is 15.1 Å². The van der Waals surface area contributed by atoms with Gasteiger partial charge >= 0.3 is 5.72 Å². The van der Waals surface area contributed by atoms with Crippen LogP contribution in [0.3, 0.4) is 0 Å². The van der Waals surface area contributed by atoms with Gasteiger partial charge in [0.2, 0.25) is 0 Å². The lowest BCUT2D eigenvalue weighted by Gasteiger charge is -2.17. The molecule has 0 aromatic carbocycles. The van der Waals surface area contributed by atoms with Crippen LogP contribution in [0.25, 0.3) is 0 Å². The maximum Gasteiger partial charge on any atom is 0.345 e. The topological polar surface area (TPSA) is 83.6 Å². The average Bonchev–Trinajstić information content (AvgIpc) is 1.86. The van der Waals surface area contributed by atoms with Crippen LogP contribution in [0.4, 0.5) is 0 Å². The van der Waals surface area contributed by atoms with E-state index in [9.17, 15) is 10.1 Å². The first-order valence-corrected chi connectivity index (χ1v) is 3.40. The van der Waals surface area contributed by atoms with Crippen molar-refractivity contribution >= 4 is 0 Å². The largest absolute Gasteiger partial charge is 0.386 e. The van der Waals surface area contributed by atoms with Crippen LogP contribution in [0.2, 0.25) is 0 Å². The first-order chi connectivity index (χ1) is 4.92. The number of aliphatic hydroxyl groups excluding tert-OH is 1. The highest BCUT2D eigenvalue weighted by molar-refractivity contribution is 4.65. The lowest BCUT2D eigenvalue weighted by atomic mass is 10.0. The van der Waals surface area contributed by atoms with Crippen LogP contribution in [0.15, 0.2) is 0 Å². The van der Waals surface area contributed by atoms with Crippen molar-refractivity contribution in [2.45, 2.75) is 26.0 Å². The van der Waals surface area contributed by atoms with Gasteiger partial charge in [-0.05, 0) is 5.92 Å². The van der Waals surface area contributed by atoms with Crippen molar-refractivity contribution in [1.82, 2.24) is 0 Å². The molecular weight excluding hydrogens is 150 g/mol. The second kappa shape index (κ2) is 3.64. The van der Waals surface area contributed by atoms with Crippen LogP contribution in [0.1, 0.15) is 20.3 Å². The van der Waals surface area contributed by atoms with E-state index in [0.717, 1.165) is 0 Å². The highest BCUT2D eigenvalue weighted by Crippen LogP contribution is 2.16. The molecule has 1 unspecified atom stereocenters. The molecule has 0 fully saturated rings. The predicted octanol–water partition coefficient (Wildman–Crippen LogP) is -0.00990. The Morgan fingerprint density at radius 1 is 1.64 bits per heavy atom. The third kappa shape index (κ3) is 2.81. The number of aliphatic hydroxyl groups is 2. The first kappa shape index (κ1) is 10.3. The van der Waals surface area contributed by atoms with Gasteiger partial charge in [0.25, 0.3) is 0 Å². The molecule has 0 saturated heterocycles. The van der Waals surface area contributed by atoms with E-state index < -0.39 is 17.3 Å². The van der Waals surface area contributed by atoms with Crippen LogP contribution < -0.4 is 0 Å². The van der Waals surface area contributed by atoms with E-state index in [-0.39, 0.29) is 12.3 Å². The molecule has 1 atom stereocenters. The summed E-state index contributed by atoms with van der Waals surface area (Å²) in [6.45, 7) is 2.65. The molecule has 0 amide bonds. The van der Waals surface area contributed by atoms with Gasteiger partial charge in [-0.15, -0.1) is 0 Å². The molecule has 0 bridgehead atoms. The summed E-state index contributed by atoms with van der Waals surface area (Å²) >= 11 is 0. The van der Waals surface area contributed by atoms with E-state index in [4.69, 9.17) is 10.2 Å². The van der Waals surface area contributed by atoms with Gasteiger partial charge in [0.1, 0.15) is 6.61 Å². The highest BCUT2D eigenvalue weighted by Gasteiger charge is 2.39. The standard InChI is InChI=1S/C6H13NO4/c1-5(2)3-6(9,4-8)7(10)11/h5,8-9H,3-4H2,1-2H3. The fraction of sp³-hybridized carbons (Fsp3) is 1.00. The van der Waals surface area contributed by atoms with Gasteiger partial charge in [-0.25, -0.2) is 0 Å². The Labute approximate surface area is 64.8 Å². The summed E-state index contributed by atoms with van der Waals surface area (Å²) in [5.74, 6) is -0.0162. The van der Waals surface area contributed by atoms with Gasteiger partial charge in [-0.2, -0.15) is 0 Å². The van der Waals surface area contributed by atoms with Crippen LogP contribution in [0, 0.1) is 16.0 Å². The van der Waals surface area contributed by atoms with Crippen molar-refractivity contribution in [3.05, 3.63) is 10.1 Å². The predicted molar refractivity (Wildman–Crippen MR) is 38.5 cm³/mol. The van der Waals surface area contributed by atoms with Crippen LogP contribution in [0.5, 0.6) is 0 Å². The highest BCUT2D eigenvalue weighted by atomic mass is 16.7. The first-order valence-electron chi connectivity index (χ1n) is 3.40. The quantitative estimate of drug-likeness (QED) is 0.347. The molecule has 0 radical (unpaired) electrons. The number of hydrogen-bond donors (Lipinski definition) is 2. The van der Waals surface area contributed by atoms with Crippen LogP contribution in [-0.2, 0) is 0 Å². The second-order valence-corrected chi connectivity index (χ2v) is 3.00. The maximum absolute atomic E-state index is 10.2. The molecule has 5 heteroatoms.